The predicted octanol–water partition coefficient (Wildman–Crippen LogP) is 3.02. The maximum atomic E-state index is 11.0. The first kappa shape index (κ1) is 18.7. The van der Waals surface area contributed by atoms with Crippen LogP contribution in [-0.2, 0) is 6.54 Å². The van der Waals surface area contributed by atoms with Crippen molar-refractivity contribution in [2.24, 2.45) is 10.4 Å². The molecule has 1 aromatic rings. The topological polar surface area (TPSA) is 70.8 Å². The molecular formula is C15H23IN4O2. The Hall–Kier alpha value is -1.38. The number of nitro groups is 1. The molecule has 0 aliphatic carbocycles. The minimum absolute atomic E-state index is 0. The third-order valence-corrected chi connectivity index (χ3v) is 3.81. The van der Waals surface area contributed by atoms with E-state index in [9.17, 15) is 10.1 Å². The standard InChI is InChI=1S/C15H22N4O2.HI/c1-15(2)8-9-18(11-15)14(16-3)17-10-12-6-4-5-7-13(12)19(20)21;/h4-7H,8-11H2,1-3H3,(H,16,17);1H. The van der Waals surface area contributed by atoms with Crippen molar-refractivity contribution in [3.8, 4) is 0 Å². The van der Waals surface area contributed by atoms with Crippen LogP contribution in [0.25, 0.3) is 0 Å². The minimum Gasteiger partial charge on any atom is -0.352 e. The van der Waals surface area contributed by atoms with Gasteiger partial charge in [0, 0.05) is 38.3 Å². The molecule has 7 heteroatoms. The van der Waals surface area contributed by atoms with Crippen LogP contribution in [0.2, 0.25) is 0 Å². The van der Waals surface area contributed by atoms with Gasteiger partial charge in [-0.15, -0.1) is 24.0 Å². The van der Waals surface area contributed by atoms with Crippen molar-refractivity contribution in [3.05, 3.63) is 39.9 Å². The molecule has 1 aliphatic heterocycles. The molecule has 1 saturated heterocycles. The maximum absolute atomic E-state index is 11.0. The van der Waals surface area contributed by atoms with Crippen molar-refractivity contribution < 1.29 is 4.92 Å². The molecule has 122 valence electrons. The molecule has 0 bridgehead atoms. The van der Waals surface area contributed by atoms with Gasteiger partial charge in [0.25, 0.3) is 5.69 Å². The molecule has 1 aliphatic rings. The molecule has 6 nitrogen and oxygen atoms in total. The Morgan fingerprint density at radius 1 is 1.45 bits per heavy atom. The van der Waals surface area contributed by atoms with E-state index < -0.39 is 0 Å². The number of nitrogens with zero attached hydrogens (tertiary/aromatic N) is 3. The number of nitro benzene ring substituents is 1. The summed E-state index contributed by atoms with van der Waals surface area (Å²) in [6.07, 6.45) is 1.12. The number of benzene rings is 1. The second-order valence-electron chi connectivity index (χ2n) is 6.12. The van der Waals surface area contributed by atoms with Gasteiger partial charge in [0.2, 0.25) is 0 Å². The Bertz CT molecular complexity index is 560. The highest BCUT2D eigenvalue weighted by Gasteiger charge is 2.30. The number of para-hydroxylation sites is 1. The van der Waals surface area contributed by atoms with Crippen LogP contribution in [0.15, 0.2) is 29.3 Å². The number of guanidine groups is 1. The average molecular weight is 418 g/mol. The van der Waals surface area contributed by atoms with E-state index in [1.165, 1.54) is 6.07 Å². The number of halogens is 1. The Kier molecular flexibility index (Phi) is 6.58. The highest BCUT2D eigenvalue weighted by Crippen LogP contribution is 2.28. The Morgan fingerprint density at radius 3 is 2.68 bits per heavy atom. The SMILES string of the molecule is CN=C(NCc1ccccc1[N+](=O)[O-])N1CCC(C)(C)C1.I. The molecule has 0 radical (unpaired) electrons. The Morgan fingerprint density at radius 2 is 2.14 bits per heavy atom. The molecule has 0 unspecified atom stereocenters. The summed E-state index contributed by atoms with van der Waals surface area (Å²) < 4.78 is 0. The summed E-state index contributed by atoms with van der Waals surface area (Å²) in [4.78, 5) is 17.2. The van der Waals surface area contributed by atoms with E-state index in [0.717, 1.165) is 25.5 Å². The normalized spacial score (nSPS) is 17.0. The van der Waals surface area contributed by atoms with Gasteiger partial charge in [-0.3, -0.25) is 15.1 Å². The Labute approximate surface area is 148 Å². The van der Waals surface area contributed by atoms with Crippen molar-refractivity contribution >= 4 is 35.6 Å². The Balaban J connectivity index is 0.00000242. The van der Waals surface area contributed by atoms with Crippen molar-refractivity contribution in [3.63, 3.8) is 0 Å². The molecule has 1 aromatic carbocycles. The summed E-state index contributed by atoms with van der Waals surface area (Å²) in [5.41, 5.74) is 1.10. The summed E-state index contributed by atoms with van der Waals surface area (Å²) in [5.74, 6) is 0.804. The van der Waals surface area contributed by atoms with E-state index in [0.29, 0.717) is 12.1 Å². The first-order valence-electron chi connectivity index (χ1n) is 7.11. The van der Waals surface area contributed by atoms with Gasteiger partial charge in [-0.2, -0.15) is 0 Å². The molecule has 1 N–H and O–H groups in total. The second kappa shape index (κ2) is 7.75. The predicted molar refractivity (Wildman–Crippen MR) is 98.7 cm³/mol. The molecule has 1 heterocycles. The molecule has 0 amide bonds. The van der Waals surface area contributed by atoms with E-state index in [1.807, 2.05) is 6.07 Å². The molecule has 0 saturated carbocycles. The van der Waals surface area contributed by atoms with Gasteiger partial charge in [-0.1, -0.05) is 32.0 Å². The second-order valence-corrected chi connectivity index (χ2v) is 6.12. The first-order valence-corrected chi connectivity index (χ1v) is 7.11. The van der Waals surface area contributed by atoms with Gasteiger partial charge in [-0.05, 0) is 11.8 Å². The van der Waals surface area contributed by atoms with E-state index in [2.05, 4.69) is 29.1 Å². The summed E-state index contributed by atoms with van der Waals surface area (Å²) in [6, 6.07) is 6.79. The summed E-state index contributed by atoms with van der Waals surface area (Å²) in [7, 11) is 1.74. The van der Waals surface area contributed by atoms with Crippen molar-refractivity contribution in [2.45, 2.75) is 26.8 Å². The molecule has 1 fully saturated rings. The molecule has 0 aromatic heterocycles. The van der Waals surface area contributed by atoms with Crippen molar-refractivity contribution in [2.75, 3.05) is 20.1 Å². The zero-order valence-corrected chi connectivity index (χ0v) is 15.5. The summed E-state index contributed by atoms with van der Waals surface area (Å²) >= 11 is 0. The lowest BCUT2D eigenvalue weighted by Crippen LogP contribution is -2.40. The molecular weight excluding hydrogens is 395 g/mol. The fourth-order valence-electron chi connectivity index (χ4n) is 2.64. The van der Waals surface area contributed by atoms with E-state index in [-0.39, 0.29) is 40.0 Å². The zero-order valence-electron chi connectivity index (χ0n) is 13.2. The molecule has 0 spiro atoms. The summed E-state index contributed by atoms with van der Waals surface area (Å²) in [5, 5.41) is 14.2. The minimum atomic E-state index is -0.348. The van der Waals surface area contributed by atoms with E-state index in [1.54, 1.807) is 19.2 Å². The summed E-state index contributed by atoms with van der Waals surface area (Å²) in [6.45, 7) is 6.79. The van der Waals surface area contributed by atoms with Gasteiger partial charge in [0.15, 0.2) is 5.96 Å². The number of hydrogen-bond acceptors (Lipinski definition) is 3. The van der Waals surface area contributed by atoms with Crippen LogP contribution in [-0.4, -0.2) is 35.9 Å². The monoisotopic (exact) mass is 418 g/mol. The number of nitrogens with one attached hydrogen (secondary N) is 1. The van der Waals surface area contributed by atoms with Crippen LogP contribution in [0.4, 0.5) is 5.69 Å². The lowest BCUT2D eigenvalue weighted by molar-refractivity contribution is -0.385. The van der Waals surface area contributed by atoms with Crippen molar-refractivity contribution in [1.82, 2.24) is 10.2 Å². The van der Waals surface area contributed by atoms with Crippen LogP contribution >= 0.6 is 24.0 Å². The highest BCUT2D eigenvalue weighted by molar-refractivity contribution is 14.0. The largest absolute Gasteiger partial charge is 0.352 e. The zero-order chi connectivity index (χ0) is 15.5. The number of aliphatic imine (C=N–C) groups is 1. The lowest BCUT2D eigenvalue weighted by Gasteiger charge is -2.23. The average Bonchev–Trinajstić information content (AvgIpc) is 2.80. The first-order chi connectivity index (χ1) is 9.93. The van der Waals surface area contributed by atoms with E-state index in [4.69, 9.17) is 0 Å². The number of rotatable bonds is 3. The number of hydrogen-bond donors (Lipinski definition) is 1. The van der Waals surface area contributed by atoms with Gasteiger partial charge >= 0.3 is 0 Å². The third-order valence-electron chi connectivity index (χ3n) is 3.81. The maximum Gasteiger partial charge on any atom is 0.274 e. The van der Waals surface area contributed by atoms with Gasteiger partial charge in [0.05, 0.1) is 4.92 Å². The molecule has 0 atom stereocenters. The number of likely N-dealkylation sites (tertiary alicyclic amines) is 1. The lowest BCUT2D eigenvalue weighted by atomic mass is 9.93. The molecule has 2 rings (SSSR count). The van der Waals surface area contributed by atoms with Crippen LogP contribution < -0.4 is 5.32 Å². The van der Waals surface area contributed by atoms with Crippen LogP contribution in [0, 0.1) is 15.5 Å². The molecule has 22 heavy (non-hydrogen) atoms. The van der Waals surface area contributed by atoms with Gasteiger partial charge in [0.1, 0.15) is 0 Å². The fraction of sp³-hybridized carbons (Fsp3) is 0.533. The van der Waals surface area contributed by atoms with Crippen LogP contribution in [0.1, 0.15) is 25.8 Å². The fourth-order valence-corrected chi connectivity index (χ4v) is 2.64. The third kappa shape index (κ3) is 4.56. The van der Waals surface area contributed by atoms with Crippen molar-refractivity contribution in [1.29, 1.82) is 0 Å². The van der Waals surface area contributed by atoms with Gasteiger partial charge in [-0.25, -0.2) is 0 Å². The van der Waals surface area contributed by atoms with Crippen LogP contribution in [0.3, 0.4) is 0 Å². The quantitative estimate of drug-likeness (QED) is 0.269. The van der Waals surface area contributed by atoms with Crippen LogP contribution in [0.5, 0.6) is 0 Å². The van der Waals surface area contributed by atoms with Gasteiger partial charge < -0.3 is 10.2 Å². The van der Waals surface area contributed by atoms with E-state index >= 15 is 0 Å². The highest BCUT2D eigenvalue weighted by atomic mass is 127. The smallest absolute Gasteiger partial charge is 0.274 e.